The van der Waals surface area contributed by atoms with E-state index in [1.54, 1.807) is 24.3 Å². The summed E-state index contributed by atoms with van der Waals surface area (Å²) in [5.41, 5.74) is 7.60. The first-order valence-electron chi connectivity index (χ1n) is 5.19. The zero-order valence-corrected chi connectivity index (χ0v) is 12.5. The van der Waals surface area contributed by atoms with Crippen LogP contribution in [0.25, 0.3) is 0 Å². The predicted molar refractivity (Wildman–Crippen MR) is 80.6 cm³/mol. The largest absolute Gasteiger partial charge is 0.398 e. The molecule has 0 spiro atoms. The standard InChI is InChI=1S/C13H10Br2N2O/c14-10-4-2-1-3-9(10)13(18)17-8-5-6-12(16)11(15)7-8/h1-7H,16H2,(H,17,18). The maximum absolute atomic E-state index is 12.0. The van der Waals surface area contributed by atoms with Gasteiger partial charge < -0.3 is 11.1 Å². The summed E-state index contributed by atoms with van der Waals surface area (Å²) in [4.78, 5) is 12.0. The minimum absolute atomic E-state index is 0.167. The Labute approximate surface area is 122 Å². The van der Waals surface area contributed by atoms with Crippen molar-refractivity contribution in [1.29, 1.82) is 0 Å². The van der Waals surface area contributed by atoms with Gasteiger partial charge in [-0.2, -0.15) is 0 Å². The lowest BCUT2D eigenvalue weighted by atomic mass is 10.2. The van der Waals surface area contributed by atoms with E-state index in [1.165, 1.54) is 0 Å². The second-order valence-corrected chi connectivity index (χ2v) is 5.38. The van der Waals surface area contributed by atoms with Crippen molar-refractivity contribution in [2.24, 2.45) is 0 Å². The molecule has 0 fully saturated rings. The molecule has 0 saturated carbocycles. The maximum atomic E-state index is 12.0. The van der Waals surface area contributed by atoms with Gasteiger partial charge in [0.25, 0.3) is 5.91 Å². The fourth-order valence-corrected chi connectivity index (χ4v) is 2.29. The van der Waals surface area contributed by atoms with E-state index in [9.17, 15) is 4.79 Å². The zero-order valence-electron chi connectivity index (χ0n) is 9.28. The van der Waals surface area contributed by atoms with Gasteiger partial charge in [-0.1, -0.05) is 12.1 Å². The molecule has 2 aromatic rings. The van der Waals surface area contributed by atoms with Gasteiger partial charge in [-0.25, -0.2) is 0 Å². The van der Waals surface area contributed by atoms with Gasteiger partial charge in [0.15, 0.2) is 0 Å². The van der Waals surface area contributed by atoms with E-state index in [0.717, 1.165) is 8.95 Å². The van der Waals surface area contributed by atoms with Crippen LogP contribution in [0.3, 0.4) is 0 Å². The van der Waals surface area contributed by atoms with Gasteiger partial charge in [0.2, 0.25) is 0 Å². The first-order valence-corrected chi connectivity index (χ1v) is 6.77. The van der Waals surface area contributed by atoms with Crippen molar-refractivity contribution in [1.82, 2.24) is 0 Å². The molecular weight excluding hydrogens is 360 g/mol. The number of carbonyl (C=O) groups excluding carboxylic acids is 1. The summed E-state index contributed by atoms with van der Waals surface area (Å²) in [5, 5.41) is 2.81. The quantitative estimate of drug-likeness (QED) is 0.784. The number of nitrogens with two attached hydrogens (primary N) is 1. The molecule has 5 heteroatoms. The summed E-state index contributed by atoms with van der Waals surface area (Å²) in [6, 6.07) is 12.5. The first-order chi connectivity index (χ1) is 8.58. The van der Waals surface area contributed by atoms with E-state index in [2.05, 4.69) is 37.2 Å². The van der Waals surface area contributed by atoms with Gasteiger partial charge in [0.1, 0.15) is 0 Å². The van der Waals surface area contributed by atoms with E-state index < -0.39 is 0 Å². The molecule has 0 radical (unpaired) electrons. The highest BCUT2D eigenvalue weighted by Gasteiger charge is 2.09. The SMILES string of the molecule is Nc1ccc(NC(=O)c2ccccc2Br)cc1Br. The lowest BCUT2D eigenvalue weighted by Crippen LogP contribution is -2.12. The second kappa shape index (κ2) is 5.54. The van der Waals surface area contributed by atoms with E-state index in [1.807, 2.05) is 18.2 Å². The molecule has 0 aliphatic rings. The van der Waals surface area contributed by atoms with E-state index in [-0.39, 0.29) is 5.91 Å². The summed E-state index contributed by atoms with van der Waals surface area (Å²) in [6.07, 6.45) is 0. The maximum Gasteiger partial charge on any atom is 0.256 e. The van der Waals surface area contributed by atoms with Crippen LogP contribution in [0, 0.1) is 0 Å². The Morgan fingerprint density at radius 3 is 2.44 bits per heavy atom. The number of benzene rings is 2. The molecule has 0 bridgehead atoms. The van der Waals surface area contributed by atoms with Crippen molar-refractivity contribution >= 4 is 49.1 Å². The van der Waals surface area contributed by atoms with Crippen molar-refractivity contribution in [3.8, 4) is 0 Å². The van der Waals surface area contributed by atoms with Crippen LogP contribution in [-0.4, -0.2) is 5.91 Å². The molecule has 0 unspecified atom stereocenters. The molecule has 2 aromatic carbocycles. The highest BCUT2D eigenvalue weighted by molar-refractivity contribution is 9.11. The third-order valence-corrected chi connectivity index (χ3v) is 3.76. The van der Waals surface area contributed by atoms with Crippen molar-refractivity contribution in [3.63, 3.8) is 0 Å². The number of nitrogens with one attached hydrogen (secondary N) is 1. The van der Waals surface area contributed by atoms with Crippen LogP contribution in [0.15, 0.2) is 51.4 Å². The molecule has 92 valence electrons. The zero-order chi connectivity index (χ0) is 13.1. The average Bonchev–Trinajstić information content (AvgIpc) is 2.34. The van der Waals surface area contributed by atoms with Crippen LogP contribution < -0.4 is 11.1 Å². The Hall–Kier alpha value is -1.33. The van der Waals surface area contributed by atoms with Gasteiger partial charge in [-0.05, 0) is 62.2 Å². The number of nitrogen functional groups attached to an aromatic ring is 1. The van der Waals surface area contributed by atoms with Gasteiger partial charge >= 0.3 is 0 Å². The normalized spacial score (nSPS) is 10.1. The Bertz CT molecular complexity index is 599. The monoisotopic (exact) mass is 368 g/mol. The van der Waals surface area contributed by atoms with Gasteiger partial charge in [0, 0.05) is 20.3 Å². The molecular formula is C13H10Br2N2O. The number of hydrogen-bond acceptors (Lipinski definition) is 2. The summed E-state index contributed by atoms with van der Waals surface area (Å²) in [6.45, 7) is 0. The van der Waals surface area contributed by atoms with Crippen LogP contribution in [0.4, 0.5) is 11.4 Å². The number of carbonyl (C=O) groups is 1. The second-order valence-electron chi connectivity index (χ2n) is 3.67. The number of rotatable bonds is 2. The van der Waals surface area contributed by atoms with Crippen molar-refractivity contribution in [2.45, 2.75) is 0 Å². The van der Waals surface area contributed by atoms with Gasteiger partial charge in [-0.15, -0.1) is 0 Å². The average molecular weight is 370 g/mol. The van der Waals surface area contributed by atoms with Crippen LogP contribution in [-0.2, 0) is 0 Å². The Morgan fingerprint density at radius 2 is 1.78 bits per heavy atom. The Kier molecular flexibility index (Phi) is 4.04. The Balaban J connectivity index is 2.22. The third-order valence-electron chi connectivity index (χ3n) is 2.38. The summed E-state index contributed by atoms with van der Waals surface area (Å²) in [7, 11) is 0. The van der Waals surface area contributed by atoms with Crippen LogP contribution in [0.2, 0.25) is 0 Å². The third kappa shape index (κ3) is 2.91. The fourth-order valence-electron chi connectivity index (χ4n) is 1.45. The summed E-state index contributed by atoms with van der Waals surface area (Å²) < 4.78 is 1.52. The van der Waals surface area contributed by atoms with Crippen molar-refractivity contribution in [3.05, 3.63) is 57.0 Å². The topological polar surface area (TPSA) is 55.1 Å². The molecule has 0 saturated heterocycles. The summed E-state index contributed by atoms with van der Waals surface area (Å²) in [5.74, 6) is -0.167. The molecule has 0 atom stereocenters. The minimum Gasteiger partial charge on any atom is -0.398 e. The molecule has 0 heterocycles. The van der Waals surface area contributed by atoms with E-state index >= 15 is 0 Å². The van der Waals surface area contributed by atoms with Crippen molar-refractivity contribution in [2.75, 3.05) is 11.1 Å². The number of amides is 1. The molecule has 3 nitrogen and oxygen atoms in total. The van der Waals surface area contributed by atoms with E-state index in [4.69, 9.17) is 5.73 Å². The number of anilines is 2. The van der Waals surface area contributed by atoms with Crippen LogP contribution >= 0.6 is 31.9 Å². The van der Waals surface area contributed by atoms with Crippen LogP contribution in [0.5, 0.6) is 0 Å². The number of halogens is 2. The highest BCUT2D eigenvalue weighted by Crippen LogP contribution is 2.24. The van der Waals surface area contributed by atoms with Crippen molar-refractivity contribution < 1.29 is 4.79 Å². The van der Waals surface area contributed by atoms with Crippen LogP contribution in [0.1, 0.15) is 10.4 Å². The summed E-state index contributed by atoms with van der Waals surface area (Å²) >= 11 is 6.67. The highest BCUT2D eigenvalue weighted by atomic mass is 79.9. The molecule has 0 aliphatic heterocycles. The molecule has 18 heavy (non-hydrogen) atoms. The van der Waals surface area contributed by atoms with E-state index in [0.29, 0.717) is 16.9 Å². The fraction of sp³-hybridized carbons (Fsp3) is 0. The number of hydrogen-bond donors (Lipinski definition) is 2. The lowest BCUT2D eigenvalue weighted by molar-refractivity contribution is 0.102. The molecule has 0 aromatic heterocycles. The van der Waals surface area contributed by atoms with Gasteiger partial charge in [-0.3, -0.25) is 4.79 Å². The molecule has 2 rings (SSSR count). The molecule has 3 N–H and O–H groups in total. The van der Waals surface area contributed by atoms with Gasteiger partial charge in [0.05, 0.1) is 5.56 Å². The Morgan fingerprint density at radius 1 is 1.06 bits per heavy atom. The molecule has 0 aliphatic carbocycles. The minimum atomic E-state index is -0.167. The lowest BCUT2D eigenvalue weighted by Gasteiger charge is -2.08. The smallest absolute Gasteiger partial charge is 0.256 e. The first kappa shape index (κ1) is 13.1. The molecule has 1 amide bonds. The predicted octanol–water partition coefficient (Wildman–Crippen LogP) is 4.05.